The molecule has 162 valence electrons. The van der Waals surface area contributed by atoms with Gasteiger partial charge in [0, 0.05) is 24.8 Å². The molecule has 1 heterocycles. The molecule has 6 heteroatoms. The Labute approximate surface area is 177 Å². The molecule has 1 aliphatic rings. The number of carbonyl (C=O) groups is 1. The van der Waals surface area contributed by atoms with Crippen LogP contribution in [0.4, 0.5) is 10.1 Å². The Bertz CT molecular complexity index is 871. The fraction of sp³-hybridized carbons (Fsp3) is 0.458. The molecule has 0 radical (unpaired) electrons. The minimum Gasteiger partial charge on any atom is -0.504 e. The molecule has 5 nitrogen and oxygen atoms in total. The molecule has 1 amide bonds. The van der Waals surface area contributed by atoms with Gasteiger partial charge in [0.15, 0.2) is 11.5 Å². The summed E-state index contributed by atoms with van der Waals surface area (Å²) in [4.78, 5) is 14.9. The number of anilines is 1. The first-order valence-electron chi connectivity index (χ1n) is 10.5. The summed E-state index contributed by atoms with van der Waals surface area (Å²) >= 11 is 0. The van der Waals surface area contributed by atoms with Gasteiger partial charge in [-0.2, -0.15) is 0 Å². The zero-order valence-electron chi connectivity index (χ0n) is 17.9. The van der Waals surface area contributed by atoms with Gasteiger partial charge in [-0.3, -0.25) is 4.79 Å². The molecule has 30 heavy (non-hydrogen) atoms. The monoisotopic (exact) mass is 414 g/mol. The molecular formula is C24H31FN2O3. The predicted molar refractivity (Wildman–Crippen MR) is 116 cm³/mol. The highest BCUT2D eigenvalue weighted by Gasteiger charge is 2.32. The van der Waals surface area contributed by atoms with Crippen molar-refractivity contribution in [1.82, 2.24) is 4.90 Å². The lowest BCUT2D eigenvalue weighted by molar-refractivity contribution is -0.132. The molecule has 0 spiro atoms. The van der Waals surface area contributed by atoms with Crippen LogP contribution in [0, 0.1) is 17.7 Å². The number of likely N-dealkylation sites (tertiary alicyclic amines) is 1. The zero-order valence-corrected chi connectivity index (χ0v) is 17.9. The van der Waals surface area contributed by atoms with Gasteiger partial charge in [-0.1, -0.05) is 26.0 Å². The maximum atomic E-state index is 13.6. The topological polar surface area (TPSA) is 61.8 Å². The summed E-state index contributed by atoms with van der Waals surface area (Å²) in [5, 5.41) is 13.2. The van der Waals surface area contributed by atoms with Crippen molar-refractivity contribution in [3.63, 3.8) is 0 Å². The van der Waals surface area contributed by atoms with Gasteiger partial charge in [-0.25, -0.2) is 4.39 Å². The number of rotatable bonds is 7. The normalized spacial score (nSPS) is 19.0. The van der Waals surface area contributed by atoms with Crippen LogP contribution in [0.5, 0.6) is 11.5 Å². The summed E-state index contributed by atoms with van der Waals surface area (Å²) < 4.78 is 18.7. The molecule has 2 atom stereocenters. The third kappa shape index (κ3) is 5.65. The van der Waals surface area contributed by atoms with E-state index in [2.05, 4.69) is 19.2 Å². The van der Waals surface area contributed by atoms with Crippen LogP contribution in [-0.4, -0.2) is 42.2 Å². The van der Waals surface area contributed by atoms with E-state index in [0.29, 0.717) is 30.7 Å². The maximum absolute atomic E-state index is 13.6. The lowest BCUT2D eigenvalue weighted by Crippen LogP contribution is -2.49. The fourth-order valence-electron chi connectivity index (χ4n) is 4.20. The Hall–Kier alpha value is -2.76. The number of hydrogen-bond donors (Lipinski definition) is 2. The molecular weight excluding hydrogens is 383 g/mol. The number of phenols is 1. The van der Waals surface area contributed by atoms with Crippen molar-refractivity contribution < 1.29 is 19.0 Å². The number of hydrogen-bond acceptors (Lipinski definition) is 4. The first-order chi connectivity index (χ1) is 14.4. The van der Waals surface area contributed by atoms with Crippen LogP contribution >= 0.6 is 0 Å². The van der Waals surface area contributed by atoms with Crippen LogP contribution in [0.2, 0.25) is 0 Å². The van der Waals surface area contributed by atoms with Gasteiger partial charge in [0.1, 0.15) is 5.82 Å². The van der Waals surface area contributed by atoms with Crippen molar-refractivity contribution >= 4 is 11.6 Å². The quantitative estimate of drug-likeness (QED) is 0.702. The minimum atomic E-state index is -0.252. The Balaban J connectivity index is 1.67. The largest absolute Gasteiger partial charge is 0.504 e. The molecule has 1 saturated heterocycles. The Morgan fingerprint density at radius 2 is 2.10 bits per heavy atom. The van der Waals surface area contributed by atoms with Crippen LogP contribution in [0.15, 0.2) is 42.5 Å². The number of nitrogens with one attached hydrogen (secondary N) is 1. The van der Waals surface area contributed by atoms with Gasteiger partial charge in [0.05, 0.1) is 13.5 Å². The van der Waals surface area contributed by atoms with Crippen LogP contribution in [0.25, 0.3) is 0 Å². The number of carbonyl (C=O) groups excluding carboxylic acids is 1. The SMILES string of the molecule is COc1cc(CC(=O)N2CC[C@@H](Nc3cccc(F)c3)[C@@H](CC(C)C)C2)ccc1O. The van der Waals surface area contributed by atoms with Crippen LogP contribution in [0.3, 0.4) is 0 Å². The third-order valence-corrected chi connectivity index (χ3v) is 5.64. The molecule has 0 aromatic heterocycles. The summed E-state index contributed by atoms with van der Waals surface area (Å²) in [6.07, 6.45) is 2.08. The summed E-state index contributed by atoms with van der Waals surface area (Å²) in [7, 11) is 1.49. The van der Waals surface area contributed by atoms with E-state index in [0.717, 1.165) is 24.1 Å². The lowest BCUT2D eigenvalue weighted by Gasteiger charge is -2.40. The first kappa shape index (κ1) is 21.9. The van der Waals surface area contributed by atoms with Gasteiger partial charge in [0.2, 0.25) is 5.91 Å². The van der Waals surface area contributed by atoms with Gasteiger partial charge >= 0.3 is 0 Å². The number of phenolic OH excluding ortho intramolecular Hbond substituents is 1. The molecule has 2 N–H and O–H groups in total. The van der Waals surface area contributed by atoms with Crippen LogP contribution in [-0.2, 0) is 11.2 Å². The van der Waals surface area contributed by atoms with Crippen molar-refractivity contribution in [3.8, 4) is 11.5 Å². The first-order valence-corrected chi connectivity index (χ1v) is 10.5. The number of halogens is 1. The predicted octanol–water partition coefficient (Wildman–Crippen LogP) is 4.46. The summed E-state index contributed by atoms with van der Waals surface area (Å²) in [5.74, 6) is 1.05. The van der Waals surface area contributed by atoms with Gasteiger partial charge in [-0.05, 0) is 60.6 Å². The van der Waals surface area contributed by atoms with Crippen molar-refractivity contribution in [3.05, 3.63) is 53.8 Å². The molecule has 0 bridgehead atoms. The highest BCUT2D eigenvalue weighted by Crippen LogP contribution is 2.29. The highest BCUT2D eigenvalue weighted by molar-refractivity contribution is 5.79. The highest BCUT2D eigenvalue weighted by atomic mass is 19.1. The second-order valence-corrected chi connectivity index (χ2v) is 8.46. The molecule has 0 saturated carbocycles. The second kappa shape index (κ2) is 9.83. The van der Waals surface area contributed by atoms with E-state index >= 15 is 0 Å². The van der Waals surface area contributed by atoms with Gasteiger partial charge in [-0.15, -0.1) is 0 Å². The number of ether oxygens (including phenoxy) is 1. The van der Waals surface area contributed by atoms with E-state index in [1.54, 1.807) is 24.3 Å². The number of amides is 1. The zero-order chi connectivity index (χ0) is 21.7. The Morgan fingerprint density at radius 1 is 1.30 bits per heavy atom. The number of aromatic hydroxyl groups is 1. The third-order valence-electron chi connectivity index (χ3n) is 5.64. The summed E-state index contributed by atoms with van der Waals surface area (Å²) in [5.41, 5.74) is 1.60. The van der Waals surface area contributed by atoms with Gasteiger partial charge in [0.25, 0.3) is 0 Å². The lowest BCUT2D eigenvalue weighted by atomic mass is 9.85. The summed E-state index contributed by atoms with van der Waals surface area (Å²) in [6.45, 7) is 5.71. The Morgan fingerprint density at radius 3 is 2.80 bits per heavy atom. The van der Waals surface area contributed by atoms with E-state index in [9.17, 15) is 14.3 Å². The van der Waals surface area contributed by atoms with E-state index in [-0.39, 0.29) is 29.9 Å². The summed E-state index contributed by atoms with van der Waals surface area (Å²) in [6, 6.07) is 11.8. The van der Waals surface area contributed by atoms with Crippen LogP contribution < -0.4 is 10.1 Å². The average molecular weight is 415 g/mol. The van der Waals surface area contributed by atoms with E-state index < -0.39 is 0 Å². The standard InChI is InChI=1S/C24H31FN2O3/c1-16(2)11-18-15-27(10-9-21(18)26-20-6-4-5-19(25)14-20)24(29)13-17-7-8-22(28)23(12-17)30-3/h4-8,12,14,16,18,21,26,28H,9-11,13,15H2,1-3H3/t18-,21+/m0/s1. The van der Waals surface area contributed by atoms with E-state index in [4.69, 9.17) is 4.74 Å². The number of benzene rings is 2. The fourth-order valence-corrected chi connectivity index (χ4v) is 4.20. The average Bonchev–Trinajstić information content (AvgIpc) is 2.70. The molecule has 0 unspecified atom stereocenters. The van der Waals surface area contributed by atoms with E-state index in [1.165, 1.54) is 19.2 Å². The van der Waals surface area contributed by atoms with Crippen molar-refractivity contribution in [2.75, 3.05) is 25.5 Å². The van der Waals surface area contributed by atoms with Crippen molar-refractivity contribution in [2.45, 2.75) is 39.2 Å². The molecule has 1 aliphatic heterocycles. The number of methoxy groups -OCH3 is 1. The van der Waals surface area contributed by atoms with Crippen molar-refractivity contribution in [2.24, 2.45) is 11.8 Å². The van der Waals surface area contributed by atoms with E-state index in [1.807, 2.05) is 11.0 Å². The maximum Gasteiger partial charge on any atom is 0.227 e. The molecule has 2 aromatic rings. The minimum absolute atomic E-state index is 0.0648. The number of piperidine rings is 1. The number of nitrogens with zero attached hydrogens (tertiary/aromatic N) is 1. The van der Waals surface area contributed by atoms with Gasteiger partial charge < -0.3 is 20.1 Å². The smallest absolute Gasteiger partial charge is 0.227 e. The van der Waals surface area contributed by atoms with Crippen molar-refractivity contribution in [1.29, 1.82) is 0 Å². The molecule has 2 aromatic carbocycles. The Kier molecular flexibility index (Phi) is 7.19. The van der Waals surface area contributed by atoms with Crippen LogP contribution in [0.1, 0.15) is 32.3 Å². The molecule has 0 aliphatic carbocycles. The molecule has 1 fully saturated rings. The molecule has 3 rings (SSSR count). The second-order valence-electron chi connectivity index (χ2n) is 8.46.